The van der Waals surface area contributed by atoms with Gasteiger partial charge in [-0.2, -0.15) is 5.10 Å². The molecule has 166 valence electrons. The number of amides is 2. The molecule has 4 heterocycles. The number of carbonyl (C=O) groups excluding carboxylic acids is 2. The zero-order chi connectivity index (χ0) is 21.4. The number of aromatic nitrogens is 5. The molecule has 0 bridgehead atoms. The molecule has 31 heavy (non-hydrogen) atoms. The van der Waals surface area contributed by atoms with Crippen LogP contribution in [0.3, 0.4) is 0 Å². The molecule has 10 nitrogen and oxygen atoms in total. The monoisotopic (exact) mass is 427 g/mol. The average molecular weight is 428 g/mol. The average Bonchev–Trinajstić information content (AvgIpc) is 3.48. The fraction of sp³-hybridized carbons (Fsp3) is 0.667. The maximum atomic E-state index is 12.8. The lowest BCUT2D eigenvalue weighted by atomic mass is 9.59. The second-order valence-corrected chi connectivity index (χ2v) is 8.75. The molecule has 2 saturated heterocycles. The minimum absolute atomic E-state index is 0.0112. The lowest BCUT2D eigenvalue weighted by Crippen LogP contribution is -2.51. The third-order valence-electron chi connectivity index (χ3n) is 7.20. The van der Waals surface area contributed by atoms with Gasteiger partial charge in [-0.25, -0.2) is 4.68 Å². The number of nitrogens with zero attached hydrogens (tertiary/aromatic N) is 7. The van der Waals surface area contributed by atoms with E-state index in [9.17, 15) is 9.59 Å². The topological polar surface area (TPSA) is 98.4 Å². The molecule has 1 atom stereocenters. The molecule has 3 aliphatic rings. The predicted octanol–water partition coefficient (Wildman–Crippen LogP) is 1.22. The summed E-state index contributed by atoms with van der Waals surface area (Å²) >= 11 is 0. The summed E-state index contributed by atoms with van der Waals surface area (Å²) < 4.78 is 8.99. The Kier molecular flexibility index (Phi) is 5.25. The van der Waals surface area contributed by atoms with Crippen LogP contribution < -0.4 is 0 Å². The summed E-state index contributed by atoms with van der Waals surface area (Å²) in [5, 5.41) is 12.8. The van der Waals surface area contributed by atoms with Gasteiger partial charge < -0.3 is 14.5 Å². The first-order valence-electron chi connectivity index (χ1n) is 11.2. The number of likely N-dealkylation sites (tertiary alicyclic amines) is 1. The Hall–Kier alpha value is -2.75. The van der Waals surface area contributed by atoms with Crippen molar-refractivity contribution < 1.29 is 14.3 Å². The molecular weight excluding hydrogens is 398 g/mol. The van der Waals surface area contributed by atoms with Gasteiger partial charge >= 0.3 is 0 Å². The third-order valence-corrected chi connectivity index (χ3v) is 7.20. The fourth-order valence-corrected chi connectivity index (χ4v) is 5.10. The van der Waals surface area contributed by atoms with E-state index in [0.29, 0.717) is 37.7 Å². The van der Waals surface area contributed by atoms with E-state index in [1.54, 1.807) is 21.8 Å². The minimum Gasteiger partial charge on any atom is -0.378 e. The number of hydrogen-bond acceptors (Lipinski definition) is 6. The summed E-state index contributed by atoms with van der Waals surface area (Å²) in [6, 6.07) is 2.04. The molecule has 2 aromatic rings. The number of morpholine rings is 1. The van der Waals surface area contributed by atoms with Crippen molar-refractivity contribution in [2.75, 3.05) is 39.4 Å². The summed E-state index contributed by atoms with van der Waals surface area (Å²) in [5.74, 6) is -0.0630. The van der Waals surface area contributed by atoms with Crippen LogP contribution in [0.5, 0.6) is 0 Å². The smallest absolute Gasteiger partial charge is 0.276 e. The highest BCUT2D eigenvalue weighted by Crippen LogP contribution is 2.56. The summed E-state index contributed by atoms with van der Waals surface area (Å²) in [5.41, 5.74) is 1.06. The normalized spacial score (nSPS) is 23.1. The largest absolute Gasteiger partial charge is 0.378 e. The van der Waals surface area contributed by atoms with E-state index < -0.39 is 0 Å². The summed E-state index contributed by atoms with van der Waals surface area (Å²) in [4.78, 5) is 29.2. The minimum atomic E-state index is -0.0742. The zero-order valence-corrected chi connectivity index (χ0v) is 17.9. The number of aryl methyl sites for hydroxylation is 1. The molecule has 2 aliphatic heterocycles. The van der Waals surface area contributed by atoms with Crippen molar-refractivity contribution in [3.63, 3.8) is 0 Å². The first-order chi connectivity index (χ1) is 15.1. The van der Waals surface area contributed by atoms with E-state index in [2.05, 4.69) is 15.4 Å². The highest BCUT2D eigenvalue weighted by molar-refractivity contribution is 5.92. The number of carbonyl (C=O) groups is 2. The first kappa shape index (κ1) is 20.2. The molecule has 5 rings (SSSR count). The third kappa shape index (κ3) is 3.62. The summed E-state index contributed by atoms with van der Waals surface area (Å²) in [6.45, 7) is 6.54. The standard InChI is InChI=1S/C21H29N7O3/c1-2-27-8-4-16(23-27)19(29)25-9-6-21(7-10-25)5-3-18(21)28-15-17(22-24-28)20(30)26-11-13-31-14-12-26/h4,8,15,18H,2-3,5-7,9-14H2,1H3. The molecule has 1 spiro atoms. The highest BCUT2D eigenvalue weighted by Gasteiger charge is 2.50. The van der Waals surface area contributed by atoms with E-state index in [0.717, 1.165) is 45.3 Å². The van der Waals surface area contributed by atoms with Crippen molar-refractivity contribution in [1.29, 1.82) is 0 Å². The molecule has 1 aliphatic carbocycles. The van der Waals surface area contributed by atoms with Gasteiger partial charge in [-0.05, 0) is 44.1 Å². The van der Waals surface area contributed by atoms with Gasteiger partial charge in [0.1, 0.15) is 5.69 Å². The van der Waals surface area contributed by atoms with Crippen molar-refractivity contribution in [3.05, 3.63) is 29.8 Å². The van der Waals surface area contributed by atoms with Crippen molar-refractivity contribution in [3.8, 4) is 0 Å². The van der Waals surface area contributed by atoms with Gasteiger partial charge in [-0.3, -0.25) is 14.3 Å². The zero-order valence-electron chi connectivity index (χ0n) is 17.9. The molecule has 0 N–H and O–H groups in total. The van der Waals surface area contributed by atoms with Crippen LogP contribution in [0.25, 0.3) is 0 Å². The van der Waals surface area contributed by atoms with Gasteiger partial charge in [0, 0.05) is 38.9 Å². The van der Waals surface area contributed by atoms with Crippen molar-refractivity contribution in [1.82, 2.24) is 34.6 Å². The Morgan fingerprint density at radius 3 is 2.42 bits per heavy atom. The van der Waals surface area contributed by atoms with E-state index in [-0.39, 0.29) is 23.3 Å². The molecule has 1 saturated carbocycles. The number of hydrogen-bond donors (Lipinski definition) is 0. The molecular formula is C21H29N7O3. The van der Waals surface area contributed by atoms with Gasteiger partial charge in [0.05, 0.1) is 25.5 Å². The Morgan fingerprint density at radius 2 is 1.77 bits per heavy atom. The number of piperidine rings is 1. The van der Waals surface area contributed by atoms with Crippen LogP contribution >= 0.6 is 0 Å². The van der Waals surface area contributed by atoms with Crippen LogP contribution in [0.2, 0.25) is 0 Å². The van der Waals surface area contributed by atoms with E-state index >= 15 is 0 Å². The van der Waals surface area contributed by atoms with Crippen molar-refractivity contribution in [2.24, 2.45) is 5.41 Å². The van der Waals surface area contributed by atoms with Crippen LogP contribution in [-0.2, 0) is 11.3 Å². The van der Waals surface area contributed by atoms with Crippen LogP contribution in [-0.4, -0.2) is 85.8 Å². The Morgan fingerprint density at radius 1 is 1.06 bits per heavy atom. The van der Waals surface area contributed by atoms with E-state index in [4.69, 9.17) is 4.74 Å². The Bertz CT molecular complexity index is 954. The van der Waals surface area contributed by atoms with Crippen LogP contribution in [0.15, 0.2) is 18.5 Å². The van der Waals surface area contributed by atoms with E-state index in [1.807, 2.05) is 22.7 Å². The van der Waals surface area contributed by atoms with Crippen molar-refractivity contribution in [2.45, 2.75) is 45.2 Å². The molecule has 2 amide bonds. The second-order valence-electron chi connectivity index (χ2n) is 8.75. The van der Waals surface area contributed by atoms with Crippen LogP contribution in [0, 0.1) is 5.41 Å². The maximum Gasteiger partial charge on any atom is 0.276 e. The lowest BCUT2D eigenvalue weighted by Gasteiger charge is -2.53. The molecule has 10 heteroatoms. The molecule has 1 unspecified atom stereocenters. The van der Waals surface area contributed by atoms with Gasteiger partial charge in [0.15, 0.2) is 5.69 Å². The molecule has 2 aromatic heterocycles. The molecule has 0 aromatic carbocycles. The summed E-state index contributed by atoms with van der Waals surface area (Å²) in [7, 11) is 0. The lowest BCUT2D eigenvalue weighted by molar-refractivity contribution is -0.0269. The van der Waals surface area contributed by atoms with Crippen molar-refractivity contribution >= 4 is 11.8 Å². The maximum absolute atomic E-state index is 12.8. The van der Waals surface area contributed by atoms with Crippen LogP contribution in [0.4, 0.5) is 0 Å². The van der Waals surface area contributed by atoms with Gasteiger partial charge in [-0.1, -0.05) is 5.21 Å². The van der Waals surface area contributed by atoms with Gasteiger partial charge in [0.2, 0.25) is 0 Å². The predicted molar refractivity (Wildman–Crippen MR) is 110 cm³/mol. The number of ether oxygens (including phenoxy) is 1. The summed E-state index contributed by atoms with van der Waals surface area (Å²) in [6.07, 6.45) is 7.68. The highest BCUT2D eigenvalue weighted by atomic mass is 16.5. The van der Waals surface area contributed by atoms with Gasteiger partial charge in [-0.15, -0.1) is 5.10 Å². The second kappa shape index (κ2) is 8.07. The Balaban J connectivity index is 1.22. The SMILES string of the molecule is CCn1ccc(C(=O)N2CCC3(CCC3n3cc(C(=O)N4CCOCC4)nn3)CC2)n1. The van der Waals surface area contributed by atoms with Gasteiger partial charge in [0.25, 0.3) is 11.8 Å². The molecule has 3 fully saturated rings. The van der Waals surface area contributed by atoms with E-state index in [1.165, 1.54) is 0 Å². The fourth-order valence-electron chi connectivity index (χ4n) is 5.10. The quantitative estimate of drug-likeness (QED) is 0.728. The first-order valence-corrected chi connectivity index (χ1v) is 11.2. The number of rotatable bonds is 4. The van der Waals surface area contributed by atoms with Crippen LogP contribution in [0.1, 0.15) is 59.6 Å². The Labute approximate surface area is 181 Å². The molecule has 0 radical (unpaired) electrons.